The van der Waals surface area contributed by atoms with Crippen molar-refractivity contribution in [3.05, 3.63) is 59.3 Å². The van der Waals surface area contributed by atoms with Crippen LogP contribution in [0.2, 0.25) is 0 Å². The molecule has 1 aromatic carbocycles. The normalized spacial score (nSPS) is 11.3. The van der Waals surface area contributed by atoms with E-state index in [-0.39, 0.29) is 18.8 Å². The third-order valence-corrected chi connectivity index (χ3v) is 2.41. The Morgan fingerprint density at radius 2 is 1.70 bits per heavy atom. The molecule has 0 aliphatic rings. The van der Waals surface area contributed by atoms with Crippen LogP contribution >= 0.6 is 0 Å². The van der Waals surface area contributed by atoms with Crippen LogP contribution in [0.1, 0.15) is 0 Å². The molecule has 0 N–H and O–H groups in total. The monoisotopic (exact) mass is 320 g/mol. The van der Waals surface area contributed by atoms with E-state index in [1.165, 1.54) is 0 Å². The van der Waals surface area contributed by atoms with Crippen molar-refractivity contribution in [2.24, 2.45) is 20.5 Å². The minimum Gasteiger partial charge on any atom is -0.258 e. The number of hydrogen-bond donors (Lipinski definition) is 0. The van der Waals surface area contributed by atoms with Gasteiger partial charge >= 0.3 is 5.69 Å². The van der Waals surface area contributed by atoms with Crippen LogP contribution in [-0.2, 0) is 0 Å². The second-order valence-electron chi connectivity index (χ2n) is 3.88. The SMILES string of the molecule is [N-]=[N+]=NCC(CN=[N+]=[N-])N=Nc1ccc([N+](=O)[O-])cc1[N+](=O)[O-]. The number of nitrogens with zero attached hydrogens (tertiary/aromatic N) is 10. The molecule has 118 valence electrons. The van der Waals surface area contributed by atoms with Crippen LogP contribution in [0.3, 0.4) is 0 Å². The number of nitro groups is 2. The van der Waals surface area contributed by atoms with E-state index in [4.69, 9.17) is 11.1 Å². The summed E-state index contributed by atoms with van der Waals surface area (Å²) in [6.07, 6.45) is 0. The second-order valence-corrected chi connectivity index (χ2v) is 3.88. The lowest BCUT2D eigenvalue weighted by Gasteiger charge is -2.03. The Morgan fingerprint density at radius 3 is 2.17 bits per heavy atom. The molecule has 0 atom stereocenters. The van der Waals surface area contributed by atoms with Crippen LogP contribution < -0.4 is 0 Å². The highest BCUT2D eigenvalue weighted by molar-refractivity contribution is 5.61. The summed E-state index contributed by atoms with van der Waals surface area (Å²) in [6.45, 7) is -0.334. The highest BCUT2D eigenvalue weighted by Gasteiger charge is 2.19. The van der Waals surface area contributed by atoms with Gasteiger partial charge < -0.3 is 0 Å². The summed E-state index contributed by atoms with van der Waals surface area (Å²) in [5.74, 6) is 0. The maximum Gasteiger partial charge on any atom is 0.303 e. The maximum absolute atomic E-state index is 10.9. The summed E-state index contributed by atoms with van der Waals surface area (Å²) in [5.41, 5.74) is 15.2. The number of azide groups is 2. The van der Waals surface area contributed by atoms with Crippen molar-refractivity contribution in [1.29, 1.82) is 0 Å². The molecule has 14 nitrogen and oxygen atoms in total. The predicted molar refractivity (Wildman–Crippen MR) is 76.1 cm³/mol. The van der Waals surface area contributed by atoms with Gasteiger partial charge in [-0.05, 0) is 17.1 Å². The van der Waals surface area contributed by atoms with Crippen LogP contribution in [-0.4, -0.2) is 29.0 Å². The molecule has 0 saturated heterocycles. The number of non-ortho nitro benzene ring substituents is 1. The maximum atomic E-state index is 10.9. The molecule has 0 aromatic heterocycles. The Hall–Kier alpha value is -3.76. The number of hydrogen-bond acceptors (Lipinski definition) is 8. The van der Waals surface area contributed by atoms with Gasteiger partial charge in [-0.2, -0.15) is 5.11 Å². The fourth-order valence-electron chi connectivity index (χ4n) is 1.39. The molecular weight excluding hydrogens is 312 g/mol. The fraction of sp³-hybridized carbons (Fsp3) is 0.333. The van der Waals surface area contributed by atoms with Gasteiger partial charge in [-0.15, -0.1) is 5.11 Å². The van der Waals surface area contributed by atoms with E-state index < -0.39 is 27.3 Å². The van der Waals surface area contributed by atoms with Crippen molar-refractivity contribution >= 4 is 17.1 Å². The summed E-state index contributed by atoms with van der Waals surface area (Å²) in [7, 11) is 0. The van der Waals surface area contributed by atoms with E-state index in [2.05, 4.69) is 30.3 Å². The summed E-state index contributed by atoms with van der Waals surface area (Å²) in [5, 5.41) is 35.4. The fourth-order valence-corrected chi connectivity index (χ4v) is 1.39. The Morgan fingerprint density at radius 1 is 1.09 bits per heavy atom. The van der Waals surface area contributed by atoms with Crippen molar-refractivity contribution < 1.29 is 9.85 Å². The summed E-state index contributed by atoms with van der Waals surface area (Å²) in [6, 6.07) is 2.05. The number of nitro benzene ring substituents is 2. The molecule has 0 amide bonds. The van der Waals surface area contributed by atoms with Gasteiger partial charge in [0.2, 0.25) is 0 Å². The zero-order valence-electron chi connectivity index (χ0n) is 11.3. The van der Waals surface area contributed by atoms with Crippen LogP contribution in [0.15, 0.2) is 38.7 Å². The number of benzene rings is 1. The number of azo groups is 1. The minimum atomic E-state index is -0.836. The van der Waals surface area contributed by atoms with Gasteiger partial charge in [-0.1, -0.05) is 10.2 Å². The standard InChI is InChI=1S/C9H8N10O4/c10-16-12-4-6(5-13-17-11)14-15-8-2-1-7(18(20)21)3-9(8)19(22)23/h1-3,6H,4-5H2. The molecule has 0 aliphatic carbocycles. The second kappa shape index (κ2) is 8.51. The molecule has 1 aromatic rings. The van der Waals surface area contributed by atoms with Gasteiger partial charge in [-0.25, -0.2) is 0 Å². The van der Waals surface area contributed by atoms with Crippen molar-refractivity contribution in [2.75, 3.05) is 13.1 Å². The van der Waals surface area contributed by atoms with E-state index in [0.717, 1.165) is 18.2 Å². The summed E-state index contributed by atoms with van der Waals surface area (Å²) < 4.78 is 0. The van der Waals surface area contributed by atoms with Crippen LogP contribution in [0, 0.1) is 20.2 Å². The first-order valence-electron chi connectivity index (χ1n) is 5.85. The molecule has 0 heterocycles. The van der Waals surface area contributed by atoms with E-state index in [1.54, 1.807) is 0 Å². The molecule has 0 fully saturated rings. The highest BCUT2D eigenvalue weighted by Crippen LogP contribution is 2.31. The molecule has 0 radical (unpaired) electrons. The lowest BCUT2D eigenvalue weighted by molar-refractivity contribution is -0.393. The number of rotatable bonds is 8. The van der Waals surface area contributed by atoms with Gasteiger partial charge in [0.15, 0.2) is 5.69 Å². The zero-order valence-corrected chi connectivity index (χ0v) is 11.3. The van der Waals surface area contributed by atoms with Gasteiger partial charge in [0.25, 0.3) is 5.69 Å². The van der Waals surface area contributed by atoms with E-state index in [1.807, 2.05) is 0 Å². The predicted octanol–water partition coefficient (Wildman–Crippen LogP) is 3.58. The third kappa shape index (κ3) is 5.26. The average Bonchev–Trinajstić information content (AvgIpc) is 2.53. The van der Waals surface area contributed by atoms with Crippen molar-refractivity contribution in [3.63, 3.8) is 0 Å². The van der Waals surface area contributed by atoms with Gasteiger partial charge in [0.05, 0.1) is 35.0 Å². The average molecular weight is 320 g/mol. The van der Waals surface area contributed by atoms with Crippen LogP contribution in [0.4, 0.5) is 17.1 Å². The first-order valence-corrected chi connectivity index (χ1v) is 5.85. The third-order valence-electron chi connectivity index (χ3n) is 2.41. The van der Waals surface area contributed by atoms with E-state index in [0.29, 0.717) is 0 Å². The van der Waals surface area contributed by atoms with Gasteiger partial charge in [-0.3, -0.25) is 20.2 Å². The van der Waals surface area contributed by atoms with Crippen molar-refractivity contribution in [2.45, 2.75) is 6.04 Å². The molecule has 23 heavy (non-hydrogen) atoms. The Bertz CT molecular complexity index is 714. The first-order chi connectivity index (χ1) is 11.0. The molecule has 14 heteroatoms. The molecule has 0 bridgehead atoms. The molecule has 0 spiro atoms. The topological polar surface area (TPSA) is 209 Å². The summed E-state index contributed by atoms with van der Waals surface area (Å²) >= 11 is 0. The van der Waals surface area contributed by atoms with Crippen LogP contribution in [0.25, 0.3) is 20.9 Å². The largest absolute Gasteiger partial charge is 0.303 e. The molecule has 0 saturated carbocycles. The molecular formula is C9H8N10O4. The van der Waals surface area contributed by atoms with E-state index in [9.17, 15) is 20.2 Å². The van der Waals surface area contributed by atoms with Crippen molar-refractivity contribution in [3.8, 4) is 0 Å². The Labute approximate surface area is 127 Å². The highest BCUT2D eigenvalue weighted by atomic mass is 16.6. The molecule has 0 unspecified atom stereocenters. The Balaban J connectivity index is 3.12. The van der Waals surface area contributed by atoms with Crippen molar-refractivity contribution in [1.82, 2.24) is 0 Å². The Kier molecular flexibility index (Phi) is 6.40. The van der Waals surface area contributed by atoms with E-state index >= 15 is 0 Å². The molecule has 0 aliphatic heterocycles. The minimum absolute atomic E-state index is 0.167. The smallest absolute Gasteiger partial charge is 0.258 e. The first kappa shape index (κ1) is 17.3. The van der Waals surface area contributed by atoms with Gasteiger partial charge in [0.1, 0.15) is 0 Å². The lowest BCUT2D eigenvalue weighted by atomic mass is 10.2. The van der Waals surface area contributed by atoms with Crippen LogP contribution in [0.5, 0.6) is 0 Å². The summed E-state index contributed by atoms with van der Waals surface area (Å²) in [4.78, 5) is 25.0. The quantitative estimate of drug-likeness (QED) is 0.231. The van der Waals surface area contributed by atoms with Gasteiger partial charge in [0, 0.05) is 15.9 Å². The lowest BCUT2D eigenvalue weighted by Crippen LogP contribution is -2.11. The zero-order chi connectivity index (χ0) is 17.2. The molecule has 1 rings (SSSR count).